The maximum absolute atomic E-state index is 6.31. The van der Waals surface area contributed by atoms with Crippen LogP contribution in [0.2, 0.25) is 0 Å². The van der Waals surface area contributed by atoms with Gasteiger partial charge >= 0.3 is 0 Å². The van der Waals surface area contributed by atoms with E-state index in [1.807, 2.05) is 12.1 Å². The van der Waals surface area contributed by atoms with Crippen LogP contribution in [-0.2, 0) is 0 Å². The molecule has 0 fully saturated rings. The minimum atomic E-state index is 0.874. The maximum Gasteiger partial charge on any atom is 0.137 e. The molecular formula is C60H41N3O. The molecule has 64 heavy (non-hydrogen) atoms. The lowest BCUT2D eigenvalue weighted by molar-refractivity contribution is 0.669. The third-order valence-electron chi connectivity index (χ3n) is 12.4. The Bertz CT molecular complexity index is 3590. The maximum atomic E-state index is 6.31. The van der Waals surface area contributed by atoms with Crippen molar-refractivity contribution in [2.24, 2.45) is 0 Å². The summed E-state index contributed by atoms with van der Waals surface area (Å²) in [4.78, 5) is 4.64. The summed E-state index contributed by atoms with van der Waals surface area (Å²) >= 11 is 0. The van der Waals surface area contributed by atoms with Crippen molar-refractivity contribution in [1.82, 2.24) is 4.57 Å². The van der Waals surface area contributed by atoms with Gasteiger partial charge < -0.3 is 18.8 Å². The third kappa shape index (κ3) is 6.57. The van der Waals surface area contributed by atoms with Crippen LogP contribution < -0.4 is 9.80 Å². The third-order valence-corrected chi connectivity index (χ3v) is 12.4. The van der Waals surface area contributed by atoms with Gasteiger partial charge in [0.15, 0.2) is 0 Å². The van der Waals surface area contributed by atoms with E-state index in [4.69, 9.17) is 4.42 Å². The minimum absolute atomic E-state index is 0.874. The van der Waals surface area contributed by atoms with E-state index < -0.39 is 0 Å². The first kappa shape index (κ1) is 37.2. The van der Waals surface area contributed by atoms with Gasteiger partial charge in [-0.05, 0) is 131 Å². The first-order valence-corrected chi connectivity index (χ1v) is 21.7. The molecule has 0 saturated carbocycles. The fourth-order valence-corrected chi connectivity index (χ4v) is 9.34. The fourth-order valence-electron chi connectivity index (χ4n) is 9.34. The number of aromatic nitrogens is 1. The molecule has 2 aromatic heterocycles. The van der Waals surface area contributed by atoms with Crippen molar-refractivity contribution < 1.29 is 4.42 Å². The zero-order valence-corrected chi connectivity index (χ0v) is 34.9. The van der Waals surface area contributed by atoms with E-state index in [2.05, 4.69) is 251 Å². The quantitative estimate of drug-likeness (QED) is 0.145. The van der Waals surface area contributed by atoms with Gasteiger partial charge in [0.2, 0.25) is 0 Å². The summed E-state index contributed by atoms with van der Waals surface area (Å²) in [5.41, 5.74) is 16.4. The van der Waals surface area contributed by atoms with Gasteiger partial charge in [-0.15, -0.1) is 0 Å². The van der Waals surface area contributed by atoms with Crippen molar-refractivity contribution in [2.75, 3.05) is 9.80 Å². The minimum Gasteiger partial charge on any atom is -0.456 e. The summed E-state index contributed by atoms with van der Waals surface area (Å²) in [5.74, 6) is 0. The smallest absolute Gasteiger partial charge is 0.137 e. The predicted octanol–water partition coefficient (Wildman–Crippen LogP) is 17.0. The summed E-state index contributed by atoms with van der Waals surface area (Å²) in [5, 5.41) is 4.70. The molecule has 4 heteroatoms. The highest BCUT2D eigenvalue weighted by molar-refractivity contribution is 6.11. The normalized spacial score (nSPS) is 11.4. The number of anilines is 6. The first-order chi connectivity index (χ1) is 31.7. The van der Waals surface area contributed by atoms with Crippen LogP contribution in [0.1, 0.15) is 0 Å². The number of hydrogen-bond acceptors (Lipinski definition) is 3. The van der Waals surface area contributed by atoms with Crippen LogP contribution >= 0.6 is 0 Å². The molecule has 0 N–H and O–H groups in total. The SMILES string of the molecule is c1ccc(N(c2ccc(-c3cccc(-c4ccc(N(c5ccccc5)c5ccc6c(c5)c5ccccc5n6-c5ccccc5)cc4)c3)cc2)c2ccc3c(c2)oc2ccccc23)cc1. The van der Waals surface area contributed by atoms with Crippen LogP contribution in [0.5, 0.6) is 0 Å². The Hall–Kier alpha value is -8.60. The summed E-state index contributed by atoms with van der Waals surface area (Å²) in [6.07, 6.45) is 0. The Morgan fingerprint density at radius 2 is 0.734 bits per heavy atom. The van der Waals surface area contributed by atoms with Gasteiger partial charge in [-0.2, -0.15) is 0 Å². The zero-order valence-electron chi connectivity index (χ0n) is 34.9. The van der Waals surface area contributed by atoms with E-state index in [-0.39, 0.29) is 0 Å². The molecule has 0 amide bonds. The fraction of sp³-hybridized carbons (Fsp3) is 0. The Balaban J connectivity index is 0.864. The molecule has 0 spiro atoms. The molecule has 10 aromatic carbocycles. The highest BCUT2D eigenvalue weighted by atomic mass is 16.3. The first-order valence-electron chi connectivity index (χ1n) is 21.7. The van der Waals surface area contributed by atoms with Crippen LogP contribution in [0.3, 0.4) is 0 Å². The summed E-state index contributed by atoms with van der Waals surface area (Å²) in [6.45, 7) is 0. The zero-order chi connectivity index (χ0) is 42.4. The molecule has 0 bridgehead atoms. The van der Waals surface area contributed by atoms with Crippen LogP contribution in [-0.4, -0.2) is 4.57 Å². The van der Waals surface area contributed by atoms with E-state index in [9.17, 15) is 0 Å². The average Bonchev–Trinajstić information content (AvgIpc) is 3.91. The number of furan rings is 1. The Morgan fingerprint density at radius 1 is 0.266 bits per heavy atom. The van der Waals surface area contributed by atoms with Crippen LogP contribution in [0.4, 0.5) is 34.1 Å². The topological polar surface area (TPSA) is 24.6 Å². The molecule has 0 aliphatic rings. The van der Waals surface area contributed by atoms with Crippen LogP contribution in [0.15, 0.2) is 253 Å². The van der Waals surface area contributed by atoms with Gasteiger partial charge in [-0.25, -0.2) is 0 Å². The average molecular weight is 820 g/mol. The highest BCUT2D eigenvalue weighted by Gasteiger charge is 2.19. The van der Waals surface area contributed by atoms with Gasteiger partial charge in [-0.3, -0.25) is 0 Å². The van der Waals surface area contributed by atoms with Gasteiger partial charge in [0.1, 0.15) is 11.2 Å². The second-order valence-corrected chi connectivity index (χ2v) is 16.2. The van der Waals surface area contributed by atoms with Gasteiger partial charge in [-0.1, -0.05) is 133 Å². The second kappa shape index (κ2) is 15.7. The number of hydrogen-bond donors (Lipinski definition) is 0. The standard InChI is InChI=1S/C60H41N3O/c1-4-17-46(18-5-1)61(51-36-38-58-56(40-51)53-23-10-12-25-57(53)63(58)48-21-8-3-9-22-48)49-31-27-42(28-32-49)44-15-14-16-45(39-44)43-29-33-50(34-30-43)62(47-19-6-2-7-20-47)52-35-37-55-54-24-11-13-26-59(54)64-60(55)41-52/h1-41H. The lowest BCUT2D eigenvalue weighted by Crippen LogP contribution is -2.09. The van der Waals surface area contributed by atoms with E-state index in [1.165, 1.54) is 27.4 Å². The number of para-hydroxylation sites is 5. The molecule has 0 aliphatic carbocycles. The van der Waals surface area contributed by atoms with E-state index in [0.717, 1.165) is 78.4 Å². The Labute approximate surface area is 371 Å². The molecule has 12 rings (SSSR count). The number of rotatable bonds is 9. The molecule has 12 aromatic rings. The Morgan fingerprint density at radius 3 is 1.38 bits per heavy atom. The van der Waals surface area contributed by atoms with E-state index in [1.54, 1.807) is 0 Å². The molecule has 0 unspecified atom stereocenters. The van der Waals surface area contributed by atoms with Crippen molar-refractivity contribution in [3.8, 4) is 27.9 Å². The Kier molecular flexibility index (Phi) is 9.12. The van der Waals surface area contributed by atoms with Crippen LogP contribution in [0, 0.1) is 0 Å². The summed E-state index contributed by atoms with van der Waals surface area (Å²) < 4.78 is 8.67. The lowest BCUT2D eigenvalue weighted by Gasteiger charge is -2.26. The molecule has 0 radical (unpaired) electrons. The molecule has 0 saturated heterocycles. The monoisotopic (exact) mass is 819 g/mol. The molecule has 2 heterocycles. The van der Waals surface area contributed by atoms with E-state index >= 15 is 0 Å². The molecular weight excluding hydrogens is 779 g/mol. The number of fused-ring (bicyclic) bond motifs is 6. The second-order valence-electron chi connectivity index (χ2n) is 16.2. The van der Waals surface area contributed by atoms with Crippen molar-refractivity contribution in [3.63, 3.8) is 0 Å². The number of nitrogens with zero attached hydrogens (tertiary/aromatic N) is 3. The summed E-state index contributed by atoms with van der Waals surface area (Å²) in [7, 11) is 0. The van der Waals surface area contributed by atoms with Crippen molar-refractivity contribution in [2.45, 2.75) is 0 Å². The van der Waals surface area contributed by atoms with Crippen molar-refractivity contribution in [1.29, 1.82) is 0 Å². The van der Waals surface area contributed by atoms with Gasteiger partial charge in [0.25, 0.3) is 0 Å². The van der Waals surface area contributed by atoms with Gasteiger partial charge in [0.05, 0.1) is 11.0 Å². The van der Waals surface area contributed by atoms with Crippen molar-refractivity contribution >= 4 is 77.9 Å². The van der Waals surface area contributed by atoms with Crippen LogP contribution in [0.25, 0.3) is 71.7 Å². The van der Waals surface area contributed by atoms with Gasteiger partial charge in [0, 0.05) is 67.4 Å². The molecule has 4 nitrogen and oxygen atoms in total. The lowest BCUT2D eigenvalue weighted by atomic mass is 9.98. The molecule has 302 valence electrons. The summed E-state index contributed by atoms with van der Waals surface area (Å²) in [6, 6.07) is 88.7. The predicted molar refractivity (Wildman–Crippen MR) is 268 cm³/mol. The van der Waals surface area contributed by atoms with E-state index in [0.29, 0.717) is 0 Å². The number of benzene rings is 10. The highest BCUT2D eigenvalue weighted by Crippen LogP contribution is 2.42. The molecule has 0 atom stereocenters. The van der Waals surface area contributed by atoms with Crippen molar-refractivity contribution in [3.05, 3.63) is 249 Å². The largest absolute Gasteiger partial charge is 0.456 e. The molecule has 0 aliphatic heterocycles.